The van der Waals surface area contributed by atoms with Gasteiger partial charge in [-0.05, 0) is 73.1 Å². The molecule has 0 unspecified atom stereocenters. The molecule has 1 saturated carbocycles. The molecule has 11 heteroatoms. The van der Waals surface area contributed by atoms with Crippen molar-refractivity contribution in [1.29, 1.82) is 0 Å². The summed E-state index contributed by atoms with van der Waals surface area (Å²) in [6.45, 7) is 3.23. The largest absolute Gasteiger partial charge is 0.277 e. The maximum Gasteiger partial charge on any atom is 0.274 e. The molecular formula is C26H21ClF2N4O3S. The van der Waals surface area contributed by atoms with E-state index in [-0.39, 0.29) is 28.1 Å². The highest BCUT2D eigenvalue weighted by molar-refractivity contribution is 7.90. The molecule has 0 bridgehead atoms. The number of nitrogens with zero attached hydrogens (tertiary/aromatic N) is 4. The molecule has 1 aromatic carbocycles. The smallest absolute Gasteiger partial charge is 0.274 e. The predicted octanol–water partition coefficient (Wildman–Crippen LogP) is 4.91. The van der Waals surface area contributed by atoms with Crippen molar-refractivity contribution >= 4 is 21.4 Å². The summed E-state index contributed by atoms with van der Waals surface area (Å²) in [5.74, 6) is -1.91. The summed E-state index contributed by atoms with van der Waals surface area (Å²) in [7, 11) is -3.90. The van der Waals surface area contributed by atoms with E-state index in [1.807, 2.05) is 6.07 Å². The fourth-order valence-electron chi connectivity index (χ4n) is 4.72. The zero-order chi connectivity index (χ0) is 26.6. The lowest BCUT2D eigenvalue weighted by Crippen LogP contribution is -2.24. The van der Waals surface area contributed by atoms with Gasteiger partial charge in [0.1, 0.15) is 15.6 Å². The molecule has 1 aliphatic rings. The first-order valence-electron chi connectivity index (χ1n) is 11.3. The third-order valence-corrected chi connectivity index (χ3v) is 8.10. The SMILES string of the molecule is Cc1cnc(-c2cccc(S(C)(=O)=O)c2F)c(F)c1-n1c(C)cc([C@H]2C[C@@H]2c2ccnnc2)c(Cl)c1=O. The van der Waals surface area contributed by atoms with Gasteiger partial charge in [0.05, 0.1) is 11.9 Å². The molecule has 37 heavy (non-hydrogen) atoms. The molecule has 0 aliphatic heterocycles. The number of aromatic nitrogens is 4. The first-order valence-corrected chi connectivity index (χ1v) is 13.6. The Hall–Kier alpha value is -3.50. The van der Waals surface area contributed by atoms with Crippen LogP contribution in [0.4, 0.5) is 8.78 Å². The zero-order valence-corrected chi connectivity index (χ0v) is 21.6. The van der Waals surface area contributed by atoms with Gasteiger partial charge in [-0.15, -0.1) is 0 Å². The average molecular weight is 543 g/mol. The van der Waals surface area contributed by atoms with Crippen LogP contribution in [0, 0.1) is 25.5 Å². The van der Waals surface area contributed by atoms with Gasteiger partial charge in [0, 0.05) is 29.9 Å². The Morgan fingerprint density at radius 1 is 1.05 bits per heavy atom. The van der Waals surface area contributed by atoms with Crippen LogP contribution in [-0.4, -0.2) is 34.4 Å². The Bertz CT molecular complexity index is 1730. The molecule has 5 rings (SSSR count). The number of aryl methyl sites for hydroxylation is 2. The minimum absolute atomic E-state index is 0.0181. The van der Waals surface area contributed by atoms with Crippen LogP contribution < -0.4 is 5.56 Å². The summed E-state index contributed by atoms with van der Waals surface area (Å²) in [5.41, 5.74) is 0.938. The standard InChI is InChI=1S/C26H21ClF2N4O3S/c1-13-11-30-24(16-5-4-6-20(22(16)28)37(3,35)36)23(29)25(13)33-14(2)9-19(21(27)26(33)34)18-10-17(18)15-7-8-31-32-12-15/h4-9,11-12,17-18H,10H2,1-3H3/t17-,18+/m1/s1. The van der Waals surface area contributed by atoms with E-state index in [2.05, 4.69) is 15.2 Å². The van der Waals surface area contributed by atoms with Crippen LogP contribution in [-0.2, 0) is 9.84 Å². The number of benzene rings is 1. The van der Waals surface area contributed by atoms with E-state index in [1.54, 1.807) is 32.3 Å². The van der Waals surface area contributed by atoms with Crippen LogP contribution in [0.25, 0.3) is 16.9 Å². The van der Waals surface area contributed by atoms with E-state index in [0.29, 0.717) is 16.8 Å². The van der Waals surface area contributed by atoms with Gasteiger partial charge in [0.15, 0.2) is 21.5 Å². The molecule has 190 valence electrons. The Balaban J connectivity index is 1.63. The van der Waals surface area contributed by atoms with Gasteiger partial charge in [-0.1, -0.05) is 17.7 Å². The van der Waals surface area contributed by atoms with Gasteiger partial charge in [0.2, 0.25) is 0 Å². The third-order valence-electron chi connectivity index (χ3n) is 6.60. The molecule has 1 aliphatic carbocycles. The highest BCUT2D eigenvalue weighted by Crippen LogP contribution is 2.55. The lowest BCUT2D eigenvalue weighted by atomic mass is 10.0. The first-order chi connectivity index (χ1) is 17.5. The number of rotatable bonds is 5. The van der Waals surface area contributed by atoms with Crippen molar-refractivity contribution in [1.82, 2.24) is 19.7 Å². The normalized spacial score (nSPS) is 17.1. The molecular weight excluding hydrogens is 522 g/mol. The topological polar surface area (TPSA) is 94.8 Å². The van der Waals surface area contributed by atoms with Gasteiger partial charge in [0.25, 0.3) is 5.56 Å². The molecule has 3 aromatic heterocycles. The third kappa shape index (κ3) is 4.34. The second-order valence-corrected chi connectivity index (χ2v) is 11.5. The van der Waals surface area contributed by atoms with E-state index >= 15 is 8.78 Å². The Morgan fingerprint density at radius 2 is 1.81 bits per heavy atom. The van der Waals surface area contributed by atoms with E-state index in [9.17, 15) is 13.2 Å². The van der Waals surface area contributed by atoms with Crippen molar-refractivity contribution in [3.63, 3.8) is 0 Å². The van der Waals surface area contributed by atoms with Crippen LogP contribution in [0.3, 0.4) is 0 Å². The van der Waals surface area contributed by atoms with Gasteiger partial charge in [-0.2, -0.15) is 10.2 Å². The summed E-state index contributed by atoms with van der Waals surface area (Å²) in [6, 6.07) is 7.27. The predicted molar refractivity (Wildman–Crippen MR) is 135 cm³/mol. The second-order valence-electron chi connectivity index (χ2n) is 9.16. The Morgan fingerprint density at radius 3 is 2.49 bits per heavy atom. The van der Waals surface area contributed by atoms with Gasteiger partial charge in [-0.25, -0.2) is 17.2 Å². The summed E-state index contributed by atoms with van der Waals surface area (Å²) >= 11 is 6.54. The Labute approximate surface area is 216 Å². The molecule has 0 radical (unpaired) electrons. The summed E-state index contributed by atoms with van der Waals surface area (Å²) in [6.07, 6.45) is 6.25. The fraction of sp³-hybridized carbons (Fsp3) is 0.231. The number of halogens is 3. The van der Waals surface area contributed by atoms with E-state index in [0.717, 1.165) is 28.9 Å². The molecule has 0 N–H and O–H groups in total. The second kappa shape index (κ2) is 9.11. The summed E-state index contributed by atoms with van der Waals surface area (Å²) in [5, 5.41) is 7.67. The lowest BCUT2D eigenvalue weighted by molar-refractivity contribution is 0.569. The van der Waals surface area contributed by atoms with Crippen LogP contribution in [0.1, 0.15) is 40.6 Å². The van der Waals surface area contributed by atoms with Crippen molar-refractivity contribution in [3.8, 4) is 16.9 Å². The first kappa shape index (κ1) is 25.2. The molecule has 4 aromatic rings. The quantitative estimate of drug-likeness (QED) is 0.355. The average Bonchev–Trinajstić information content (AvgIpc) is 3.64. The van der Waals surface area contributed by atoms with Crippen molar-refractivity contribution in [2.24, 2.45) is 0 Å². The zero-order valence-electron chi connectivity index (χ0n) is 20.0. The summed E-state index contributed by atoms with van der Waals surface area (Å²) in [4.78, 5) is 16.9. The van der Waals surface area contributed by atoms with E-state index in [1.165, 1.54) is 18.3 Å². The van der Waals surface area contributed by atoms with Crippen molar-refractivity contribution in [2.75, 3.05) is 6.26 Å². The molecule has 1 fully saturated rings. The number of sulfone groups is 1. The van der Waals surface area contributed by atoms with Gasteiger partial charge < -0.3 is 0 Å². The maximum atomic E-state index is 16.0. The van der Waals surface area contributed by atoms with Crippen LogP contribution in [0.15, 0.2) is 58.6 Å². The maximum absolute atomic E-state index is 16.0. The van der Waals surface area contributed by atoms with E-state index in [4.69, 9.17) is 11.6 Å². The number of hydrogen-bond acceptors (Lipinski definition) is 6. The van der Waals surface area contributed by atoms with Gasteiger partial charge in [-0.3, -0.25) is 14.3 Å². The van der Waals surface area contributed by atoms with Gasteiger partial charge >= 0.3 is 0 Å². The van der Waals surface area contributed by atoms with Crippen LogP contribution >= 0.6 is 11.6 Å². The molecule has 3 heterocycles. The molecule has 2 atom stereocenters. The lowest BCUT2D eigenvalue weighted by Gasteiger charge is -2.18. The molecule has 7 nitrogen and oxygen atoms in total. The number of pyridine rings is 2. The highest BCUT2D eigenvalue weighted by atomic mass is 35.5. The van der Waals surface area contributed by atoms with Crippen LogP contribution in [0.5, 0.6) is 0 Å². The van der Waals surface area contributed by atoms with Crippen molar-refractivity contribution in [3.05, 3.63) is 98.3 Å². The number of hydrogen-bond donors (Lipinski definition) is 0. The highest BCUT2D eigenvalue weighted by Gasteiger charge is 2.42. The Kier molecular flexibility index (Phi) is 6.19. The monoisotopic (exact) mass is 542 g/mol. The minimum atomic E-state index is -3.90. The fourth-order valence-corrected chi connectivity index (χ4v) is 5.76. The summed E-state index contributed by atoms with van der Waals surface area (Å²) < 4.78 is 56.2. The van der Waals surface area contributed by atoms with Crippen molar-refractivity contribution in [2.45, 2.75) is 37.0 Å². The minimum Gasteiger partial charge on any atom is -0.277 e. The van der Waals surface area contributed by atoms with Crippen molar-refractivity contribution < 1.29 is 17.2 Å². The molecule has 0 amide bonds. The van der Waals surface area contributed by atoms with E-state index < -0.39 is 37.6 Å². The molecule has 0 spiro atoms. The van der Waals surface area contributed by atoms with Crippen LogP contribution in [0.2, 0.25) is 5.02 Å². The molecule has 0 saturated heterocycles.